The molecule has 0 amide bonds. The van der Waals surface area contributed by atoms with Crippen LogP contribution in [0.3, 0.4) is 0 Å². The first-order valence-corrected chi connectivity index (χ1v) is 6.72. The molecule has 0 bridgehead atoms. The van der Waals surface area contributed by atoms with Gasteiger partial charge in [0.25, 0.3) is 0 Å². The normalized spacial score (nSPS) is 10.5. The zero-order valence-electron chi connectivity index (χ0n) is 10.4. The third-order valence-corrected chi connectivity index (χ3v) is 3.16. The Morgan fingerprint density at radius 1 is 1.05 bits per heavy atom. The van der Waals surface area contributed by atoms with Crippen LogP contribution in [-0.4, -0.2) is 9.97 Å². The number of anilines is 1. The summed E-state index contributed by atoms with van der Waals surface area (Å²) in [6.07, 6.45) is 0. The van der Waals surface area contributed by atoms with Crippen molar-refractivity contribution in [2.75, 3.05) is 5.43 Å². The van der Waals surface area contributed by atoms with Crippen molar-refractivity contribution in [3.8, 4) is 22.8 Å². The van der Waals surface area contributed by atoms with Gasteiger partial charge in [0.05, 0.1) is 5.69 Å². The average molecular weight is 331 g/mol. The van der Waals surface area contributed by atoms with Crippen LogP contribution in [0.15, 0.2) is 57.6 Å². The van der Waals surface area contributed by atoms with E-state index in [1.165, 1.54) is 0 Å². The van der Waals surface area contributed by atoms with Gasteiger partial charge in [-0.05, 0) is 28.1 Å². The number of nitrogens with zero attached hydrogens (tertiary/aromatic N) is 2. The monoisotopic (exact) mass is 330 g/mol. The van der Waals surface area contributed by atoms with Gasteiger partial charge < -0.3 is 9.84 Å². The Morgan fingerprint density at radius 2 is 1.85 bits per heavy atom. The van der Waals surface area contributed by atoms with E-state index in [1.54, 1.807) is 18.2 Å². The molecule has 3 rings (SSSR count). The molecule has 2 heterocycles. The van der Waals surface area contributed by atoms with Gasteiger partial charge in [0.2, 0.25) is 0 Å². The van der Waals surface area contributed by atoms with Gasteiger partial charge in [-0.1, -0.05) is 30.3 Å². The first-order valence-electron chi connectivity index (χ1n) is 5.93. The van der Waals surface area contributed by atoms with Gasteiger partial charge in [0, 0.05) is 11.6 Å². The lowest BCUT2D eigenvalue weighted by atomic mass is 10.1. The molecule has 3 aromatic rings. The number of halogens is 1. The summed E-state index contributed by atoms with van der Waals surface area (Å²) in [6, 6.07) is 15.2. The van der Waals surface area contributed by atoms with E-state index in [9.17, 15) is 0 Å². The Hall–Kier alpha value is -2.18. The highest BCUT2D eigenvalue weighted by molar-refractivity contribution is 9.10. The number of nitrogens with one attached hydrogen (secondary N) is 1. The van der Waals surface area contributed by atoms with Crippen LogP contribution in [0.25, 0.3) is 22.8 Å². The number of rotatable bonds is 3. The third-order valence-electron chi connectivity index (χ3n) is 2.74. The van der Waals surface area contributed by atoms with E-state index in [0.29, 0.717) is 22.1 Å². The molecule has 5 nitrogen and oxygen atoms in total. The summed E-state index contributed by atoms with van der Waals surface area (Å²) in [7, 11) is 0. The first kappa shape index (κ1) is 12.8. The van der Waals surface area contributed by atoms with Gasteiger partial charge >= 0.3 is 0 Å². The van der Waals surface area contributed by atoms with E-state index in [0.717, 1.165) is 11.3 Å². The smallest absolute Gasteiger partial charge is 0.198 e. The number of benzene rings is 1. The minimum atomic E-state index is 0.477. The van der Waals surface area contributed by atoms with Crippen LogP contribution in [0.2, 0.25) is 0 Å². The molecule has 100 valence electrons. The zero-order valence-corrected chi connectivity index (χ0v) is 12.0. The zero-order chi connectivity index (χ0) is 13.9. The van der Waals surface area contributed by atoms with Crippen molar-refractivity contribution < 1.29 is 4.42 Å². The van der Waals surface area contributed by atoms with Crippen LogP contribution in [0.4, 0.5) is 5.82 Å². The standard InChI is InChI=1S/C14H11BrN4O/c15-12-7-6-11(20-12)14-17-10(8-13(18-14)19-16)9-4-2-1-3-5-9/h1-8H,16H2,(H,17,18,19). The molecule has 3 N–H and O–H groups in total. The average Bonchev–Trinajstić information content (AvgIpc) is 2.94. The quantitative estimate of drug-likeness (QED) is 0.568. The number of furan rings is 1. The van der Waals surface area contributed by atoms with Gasteiger partial charge in [-0.15, -0.1) is 0 Å². The van der Waals surface area contributed by atoms with Crippen LogP contribution in [0.5, 0.6) is 0 Å². The van der Waals surface area contributed by atoms with E-state index in [2.05, 4.69) is 31.3 Å². The van der Waals surface area contributed by atoms with Crippen molar-refractivity contribution in [2.24, 2.45) is 5.84 Å². The summed E-state index contributed by atoms with van der Waals surface area (Å²) in [5, 5.41) is 0. The highest BCUT2D eigenvalue weighted by atomic mass is 79.9. The fourth-order valence-corrected chi connectivity index (χ4v) is 2.13. The molecule has 1 aromatic carbocycles. The second-order valence-corrected chi connectivity index (χ2v) is 4.86. The van der Waals surface area contributed by atoms with Crippen molar-refractivity contribution >= 4 is 21.7 Å². The number of hydrogen-bond acceptors (Lipinski definition) is 5. The van der Waals surface area contributed by atoms with Gasteiger partial charge in [-0.2, -0.15) is 0 Å². The largest absolute Gasteiger partial charge is 0.446 e. The predicted molar refractivity (Wildman–Crippen MR) is 80.7 cm³/mol. The van der Waals surface area contributed by atoms with Crippen LogP contribution < -0.4 is 11.3 Å². The second kappa shape index (κ2) is 5.44. The molecule has 0 fully saturated rings. The van der Waals surface area contributed by atoms with Gasteiger partial charge in [-0.3, -0.25) is 0 Å². The number of hydrazine groups is 1. The Bertz CT molecular complexity index is 727. The molecule has 0 saturated carbocycles. The molecule has 2 aromatic heterocycles. The summed E-state index contributed by atoms with van der Waals surface area (Å²) >= 11 is 3.27. The lowest BCUT2D eigenvalue weighted by Crippen LogP contribution is -2.09. The van der Waals surface area contributed by atoms with E-state index in [1.807, 2.05) is 30.3 Å². The SMILES string of the molecule is NNc1cc(-c2ccccc2)nc(-c2ccc(Br)o2)n1. The van der Waals surface area contributed by atoms with Crippen molar-refractivity contribution in [3.63, 3.8) is 0 Å². The molecular formula is C14H11BrN4O. The summed E-state index contributed by atoms with van der Waals surface area (Å²) < 4.78 is 6.11. The van der Waals surface area contributed by atoms with E-state index in [-0.39, 0.29) is 0 Å². The minimum absolute atomic E-state index is 0.477. The summed E-state index contributed by atoms with van der Waals surface area (Å²) in [4.78, 5) is 8.81. The number of nitrogen functional groups attached to an aromatic ring is 1. The molecular weight excluding hydrogens is 320 g/mol. The van der Waals surface area contributed by atoms with Crippen LogP contribution in [0.1, 0.15) is 0 Å². The molecule has 0 radical (unpaired) electrons. The number of hydrogen-bond donors (Lipinski definition) is 2. The Balaban J connectivity index is 2.12. The molecule has 0 saturated heterocycles. The summed E-state index contributed by atoms with van der Waals surface area (Å²) in [6.45, 7) is 0. The fourth-order valence-electron chi connectivity index (χ4n) is 1.82. The van der Waals surface area contributed by atoms with Crippen LogP contribution in [-0.2, 0) is 0 Å². The summed E-state index contributed by atoms with van der Waals surface area (Å²) in [5.41, 5.74) is 4.31. The van der Waals surface area contributed by atoms with Gasteiger partial charge in [-0.25, -0.2) is 15.8 Å². The van der Waals surface area contributed by atoms with E-state index < -0.39 is 0 Å². The van der Waals surface area contributed by atoms with Crippen molar-refractivity contribution in [1.82, 2.24) is 9.97 Å². The number of aromatic nitrogens is 2. The highest BCUT2D eigenvalue weighted by Crippen LogP contribution is 2.26. The molecule has 0 aliphatic heterocycles. The third kappa shape index (κ3) is 2.56. The predicted octanol–water partition coefficient (Wildman–Crippen LogP) is 3.45. The molecule has 20 heavy (non-hydrogen) atoms. The fraction of sp³-hybridized carbons (Fsp3) is 0. The molecule has 0 spiro atoms. The highest BCUT2D eigenvalue weighted by Gasteiger charge is 2.11. The van der Waals surface area contributed by atoms with Gasteiger partial charge in [0.15, 0.2) is 16.3 Å². The minimum Gasteiger partial charge on any atom is -0.446 e. The summed E-state index contributed by atoms with van der Waals surface area (Å²) in [5.74, 6) is 7.05. The topological polar surface area (TPSA) is 77.0 Å². The van der Waals surface area contributed by atoms with E-state index in [4.69, 9.17) is 10.3 Å². The van der Waals surface area contributed by atoms with Gasteiger partial charge in [0.1, 0.15) is 5.82 Å². The van der Waals surface area contributed by atoms with Crippen molar-refractivity contribution in [3.05, 3.63) is 53.2 Å². The maximum absolute atomic E-state index is 5.48. The molecule has 0 unspecified atom stereocenters. The lowest BCUT2D eigenvalue weighted by Gasteiger charge is -2.06. The van der Waals surface area contributed by atoms with E-state index >= 15 is 0 Å². The van der Waals surface area contributed by atoms with Crippen molar-refractivity contribution in [2.45, 2.75) is 0 Å². The maximum atomic E-state index is 5.48. The molecule has 6 heteroatoms. The van der Waals surface area contributed by atoms with Crippen molar-refractivity contribution in [1.29, 1.82) is 0 Å². The lowest BCUT2D eigenvalue weighted by molar-refractivity contribution is 0.551. The molecule has 0 aliphatic rings. The molecule has 0 atom stereocenters. The Kier molecular flexibility index (Phi) is 3.49. The number of nitrogens with two attached hydrogens (primary N) is 1. The Morgan fingerprint density at radius 3 is 2.50 bits per heavy atom. The maximum Gasteiger partial charge on any atom is 0.198 e. The van der Waals surface area contributed by atoms with Crippen LogP contribution in [0, 0.1) is 0 Å². The van der Waals surface area contributed by atoms with Crippen LogP contribution >= 0.6 is 15.9 Å². The first-order chi connectivity index (χ1) is 9.76. The Labute approximate surface area is 124 Å². The second-order valence-electron chi connectivity index (χ2n) is 4.08. The molecule has 0 aliphatic carbocycles.